The lowest BCUT2D eigenvalue weighted by Crippen LogP contribution is -2.32. The molecule has 0 aliphatic rings. The van der Waals surface area contributed by atoms with Gasteiger partial charge in [0.15, 0.2) is 6.29 Å². The molecule has 0 aromatic heterocycles. The third-order valence-electron chi connectivity index (χ3n) is 7.53. The van der Waals surface area contributed by atoms with Gasteiger partial charge in [-0.15, -0.1) is 0 Å². The minimum Gasteiger partial charge on any atom is -0.508 e. The first-order chi connectivity index (χ1) is 20.3. The lowest BCUT2D eigenvalue weighted by molar-refractivity contribution is -0.123. The van der Waals surface area contributed by atoms with Crippen LogP contribution in [0.2, 0.25) is 0 Å². The van der Waals surface area contributed by atoms with Gasteiger partial charge in [0.05, 0.1) is 28.4 Å². The van der Waals surface area contributed by atoms with E-state index in [1.165, 1.54) is 0 Å². The van der Waals surface area contributed by atoms with Gasteiger partial charge in [-0.05, 0) is 70.8 Å². The Kier molecular flexibility index (Phi) is 10.2. The van der Waals surface area contributed by atoms with E-state index in [9.17, 15) is 10.2 Å². The fraction of sp³-hybridized carbons (Fsp3) is 0.294. The Labute approximate surface area is 247 Å². The summed E-state index contributed by atoms with van der Waals surface area (Å²) in [5.41, 5.74) is 3.60. The molecule has 0 heterocycles. The number of rotatable bonds is 13. The van der Waals surface area contributed by atoms with E-state index in [4.69, 9.17) is 28.4 Å². The van der Waals surface area contributed by atoms with Crippen molar-refractivity contribution in [3.63, 3.8) is 0 Å². The summed E-state index contributed by atoms with van der Waals surface area (Å²) in [5.74, 6) is 1.67. The van der Waals surface area contributed by atoms with Gasteiger partial charge in [-0.1, -0.05) is 24.3 Å². The van der Waals surface area contributed by atoms with E-state index < -0.39 is 12.2 Å². The molecule has 2 N–H and O–H groups in total. The van der Waals surface area contributed by atoms with Gasteiger partial charge >= 0.3 is 0 Å². The number of benzene rings is 4. The van der Waals surface area contributed by atoms with Crippen molar-refractivity contribution in [2.24, 2.45) is 0 Å². The Morgan fingerprint density at radius 1 is 0.429 bits per heavy atom. The molecule has 8 nitrogen and oxygen atoms in total. The lowest BCUT2D eigenvalue weighted by atomic mass is 9.68. The first kappa shape index (κ1) is 30.6. The molecule has 0 amide bonds. The van der Waals surface area contributed by atoms with Gasteiger partial charge in [0, 0.05) is 44.1 Å². The maximum atomic E-state index is 10.2. The zero-order chi connectivity index (χ0) is 30.2. The fourth-order valence-corrected chi connectivity index (χ4v) is 5.54. The molecule has 42 heavy (non-hydrogen) atoms. The highest BCUT2D eigenvalue weighted by atomic mass is 16.7. The first-order valence-corrected chi connectivity index (χ1v) is 13.4. The van der Waals surface area contributed by atoms with E-state index in [-0.39, 0.29) is 23.3 Å². The number of ether oxygens (including phenoxy) is 6. The zero-order valence-corrected chi connectivity index (χ0v) is 24.7. The molecule has 4 aromatic rings. The normalized spacial score (nSPS) is 12.7. The van der Waals surface area contributed by atoms with Crippen LogP contribution in [0.15, 0.2) is 84.9 Å². The highest BCUT2D eigenvalue weighted by Gasteiger charge is 2.40. The maximum Gasteiger partial charge on any atom is 0.164 e. The monoisotopic (exact) mass is 574 g/mol. The van der Waals surface area contributed by atoms with Crippen LogP contribution in [0.4, 0.5) is 0 Å². The molecule has 0 aliphatic carbocycles. The van der Waals surface area contributed by atoms with Crippen molar-refractivity contribution >= 4 is 0 Å². The molecule has 0 aliphatic heterocycles. The maximum absolute atomic E-state index is 10.2. The number of aromatic hydroxyl groups is 2. The average Bonchev–Trinajstić information content (AvgIpc) is 3.03. The second-order valence-electron chi connectivity index (χ2n) is 9.84. The first-order valence-electron chi connectivity index (χ1n) is 13.4. The van der Waals surface area contributed by atoms with Gasteiger partial charge in [-0.2, -0.15) is 0 Å². The van der Waals surface area contributed by atoms with Crippen LogP contribution in [-0.4, -0.2) is 59.2 Å². The number of methoxy groups -OCH3 is 6. The predicted molar refractivity (Wildman–Crippen MR) is 160 cm³/mol. The summed E-state index contributed by atoms with van der Waals surface area (Å²) >= 11 is 0. The molecule has 0 saturated heterocycles. The van der Waals surface area contributed by atoms with E-state index in [0.717, 1.165) is 22.3 Å². The van der Waals surface area contributed by atoms with Crippen molar-refractivity contribution in [1.29, 1.82) is 0 Å². The Morgan fingerprint density at radius 3 is 1.07 bits per heavy atom. The molecule has 0 spiro atoms. The van der Waals surface area contributed by atoms with Crippen molar-refractivity contribution in [2.45, 2.75) is 24.0 Å². The predicted octanol–water partition coefficient (Wildman–Crippen LogP) is 6.45. The van der Waals surface area contributed by atoms with Crippen molar-refractivity contribution in [3.05, 3.63) is 107 Å². The minimum absolute atomic E-state index is 0.156. The standard InChI is InChI=1S/C34H38O8/c1-37-27-15-23(16-28(19-27)38-2)32(31(21-7-11-25(35)12-8-21)22-9-13-26(36)14-10-22)33(34(41-5)42-6)24-17-29(39-3)20-30(18-24)40-4/h7-20,31-36H,1-6H3. The lowest BCUT2D eigenvalue weighted by Gasteiger charge is -2.39. The Morgan fingerprint density at radius 2 is 0.762 bits per heavy atom. The van der Waals surface area contributed by atoms with Crippen molar-refractivity contribution < 1.29 is 38.6 Å². The molecular weight excluding hydrogens is 536 g/mol. The fourth-order valence-electron chi connectivity index (χ4n) is 5.54. The third kappa shape index (κ3) is 6.73. The molecule has 0 saturated carbocycles. The van der Waals surface area contributed by atoms with Crippen LogP contribution in [-0.2, 0) is 9.47 Å². The summed E-state index contributed by atoms with van der Waals surface area (Å²) in [6, 6.07) is 25.8. The van der Waals surface area contributed by atoms with Gasteiger partial charge in [-0.3, -0.25) is 0 Å². The second-order valence-corrected chi connectivity index (χ2v) is 9.84. The topological polar surface area (TPSA) is 95.8 Å². The van der Waals surface area contributed by atoms with Gasteiger partial charge in [0.1, 0.15) is 34.5 Å². The van der Waals surface area contributed by atoms with Gasteiger partial charge in [0.2, 0.25) is 0 Å². The molecule has 4 aromatic carbocycles. The van der Waals surface area contributed by atoms with Crippen LogP contribution in [0.25, 0.3) is 0 Å². The number of phenolic OH excluding ortho intramolecular Hbond substituents is 2. The van der Waals surface area contributed by atoms with Crippen LogP contribution in [0.1, 0.15) is 40.0 Å². The Hall–Kier alpha value is -4.40. The van der Waals surface area contributed by atoms with E-state index in [1.54, 1.807) is 66.9 Å². The smallest absolute Gasteiger partial charge is 0.164 e. The van der Waals surface area contributed by atoms with E-state index in [0.29, 0.717) is 23.0 Å². The molecule has 8 heteroatoms. The summed E-state index contributed by atoms with van der Waals surface area (Å²) in [4.78, 5) is 0. The SMILES string of the molecule is COc1cc(OC)cc(C(C(OC)OC)C(c2cc(OC)cc(OC)c2)C(c2ccc(O)cc2)c2ccc(O)cc2)c1. The molecule has 0 fully saturated rings. The minimum atomic E-state index is -0.708. The molecule has 4 rings (SSSR count). The van der Waals surface area contributed by atoms with E-state index in [1.807, 2.05) is 60.7 Å². The highest BCUT2D eigenvalue weighted by molar-refractivity contribution is 5.49. The van der Waals surface area contributed by atoms with E-state index in [2.05, 4.69) is 0 Å². The van der Waals surface area contributed by atoms with Crippen molar-refractivity contribution in [2.75, 3.05) is 42.7 Å². The quantitative estimate of drug-likeness (QED) is 0.176. The van der Waals surface area contributed by atoms with Gasteiger partial charge < -0.3 is 38.6 Å². The van der Waals surface area contributed by atoms with E-state index >= 15 is 0 Å². The molecular formula is C34H38O8. The number of phenols is 2. The number of hydrogen-bond acceptors (Lipinski definition) is 8. The van der Waals surface area contributed by atoms with Crippen LogP contribution in [0, 0.1) is 0 Å². The number of hydrogen-bond donors (Lipinski definition) is 2. The molecule has 2 unspecified atom stereocenters. The Bertz CT molecular complexity index is 1340. The summed E-state index contributed by atoms with van der Waals surface area (Å²) in [6.07, 6.45) is -0.708. The highest BCUT2D eigenvalue weighted by Crippen LogP contribution is 2.51. The van der Waals surface area contributed by atoms with Crippen LogP contribution in [0.3, 0.4) is 0 Å². The van der Waals surface area contributed by atoms with Crippen molar-refractivity contribution in [3.8, 4) is 34.5 Å². The molecule has 0 bridgehead atoms. The van der Waals surface area contributed by atoms with Gasteiger partial charge in [-0.25, -0.2) is 0 Å². The zero-order valence-electron chi connectivity index (χ0n) is 24.7. The van der Waals surface area contributed by atoms with Crippen LogP contribution < -0.4 is 18.9 Å². The third-order valence-corrected chi connectivity index (χ3v) is 7.53. The summed E-state index contributed by atoms with van der Waals surface area (Å²) in [5, 5.41) is 20.3. The Balaban J connectivity index is 2.11. The summed E-state index contributed by atoms with van der Waals surface area (Å²) in [6.45, 7) is 0. The average molecular weight is 575 g/mol. The molecule has 222 valence electrons. The van der Waals surface area contributed by atoms with Crippen LogP contribution in [0.5, 0.6) is 34.5 Å². The molecule has 0 radical (unpaired) electrons. The summed E-state index contributed by atoms with van der Waals surface area (Å²) < 4.78 is 34.7. The molecule has 2 atom stereocenters. The largest absolute Gasteiger partial charge is 0.508 e. The summed E-state index contributed by atoms with van der Waals surface area (Å²) in [7, 11) is 9.66. The second kappa shape index (κ2) is 14.0. The van der Waals surface area contributed by atoms with Gasteiger partial charge in [0.25, 0.3) is 0 Å². The van der Waals surface area contributed by atoms with Crippen molar-refractivity contribution in [1.82, 2.24) is 0 Å². The van der Waals surface area contributed by atoms with Crippen LogP contribution >= 0.6 is 0 Å².